The van der Waals surface area contributed by atoms with Gasteiger partial charge in [0.1, 0.15) is 0 Å². The van der Waals surface area contributed by atoms with E-state index >= 15 is 0 Å². The first kappa shape index (κ1) is 12.4. The van der Waals surface area contributed by atoms with Gasteiger partial charge in [-0.15, -0.1) is 0 Å². The van der Waals surface area contributed by atoms with E-state index in [1.165, 1.54) is 0 Å². The number of rotatable bonds is 4. The molecule has 0 atom stereocenters. The highest BCUT2D eigenvalue weighted by atomic mass is 16.5. The smallest absolute Gasteiger partial charge is 0.309 e. The van der Waals surface area contributed by atoms with Gasteiger partial charge >= 0.3 is 5.97 Å². The van der Waals surface area contributed by atoms with Crippen molar-refractivity contribution < 1.29 is 9.53 Å². The maximum atomic E-state index is 11.1. The van der Waals surface area contributed by atoms with Crippen LogP contribution in [0, 0.1) is 13.8 Å². The van der Waals surface area contributed by atoms with E-state index in [2.05, 4.69) is 4.98 Å². The molecule has 0 aromatic carbocycles. The Balaban J connectivity index is 2.59. The van der Waals surface area contributed by atoms with Crippen LogP contribution in [0.5, 0.6) is 0 Å². The number of nitrogens with zero attached hydrogens (tertiary/aromatic N) is 1. The molecule has 1 aromatic rings. The van der Waals surface area contributed by atoms with Gasteiger partial charge in [0.05, 0.1) is 13.0 Å². The van der Waals surface area contributed by atoms with Crippen molar-refractivity contribution in [1.82, 2.24) is 4.98 Å². The number of carbonyl (C=O) groups is 1. The van der Waals surface area contributed by atoms with Crippen molar-refractivity contribution in [2.75, 3.05) is 6.61 Å². The molecule has 0 aliphatic rings. The fourth-order valence-electron chi connectivity index (χ4n) is 1.38. The van der Waals surface area contributed by atoms with Crippen LogP contribution in [0.4, 0.5) is 0 Å². The number of aromatic nitrogens is 1. The van der Waals surface area contributed by atoms with Gasteiger partial charge in [-0.25, -0.2) is 0 Å². The monoisotopic (exact) mass is 219 g/mol. The molecule has 16 heavy (non-hydrogen) atoms. The molecule has 1 aromatic heterocycles. The van der Waals surface area contributed by atoms with Crippen LogP contribution in [-0.4, -0.2) is 17.6 Å². The standard InChI is InChI=1S/C13H17NO2/c1-4-16-13(15)7-5-6-12-9-8-10(2)14-11(12)3/h5-6,8-9H,4,7H2,1-3H3. The summed E-state index contributed by atoms with van der Waals surface area (Å²) in [5.74, 6) is -0.198. The molecule has 0 radical (unpaired) electrons. The van der Waals surface area contributed by atoms with E-state index in [0.29, 0.717) is 13.0 Å². The molecule has 0 aliphatic heterocycles. The van der Waals surface area contributed by atoms with E-state index in [-0.39, 0.29) is 5.97 Å². The molecule has 0 saturated carbocycles. The Morgan fingerprint density at radius 2 is 2.19 bits per heavy atom. The average Bonchev–Trinajstić information content (AvgIpc) is 2.22. The molecule has 1 heterocycles. The summed E-state index contributed by atoms with van der Waals surface area (Å²) < 4.78 is 4.82. The maximum absolute atomic E-state index is 11.1. The summed E-state index contributed by atoms with van der Waals surface area (Å²) in [5.41, 5.74) is 3.01. The Morgan fingerprint density at radius 3 is 2.81 bits per heavy atom. The zero-order chi connectivity index (χ0) is 12.0. The predicted molar refractivity (Wildman–Crippen MR) is 64.0 cm³/mol. The Kier molecular flexibility index (Phi) is 4.70. The average molecular weight is 219 g/mol. The molecule has 0 fully saturated rings. The molecule has 0 spiro atoms. The third-order valence-electron chi connectivity index (χ3n) is 2.15. The molecule has 0 bridgehead atoms. The van der Waals surface area contributed by atoms with Crippen LogP contribution in [0.2, 0.25) is 0 Å². The zero-order valence-corrected chi connectivity index (χ0v) is 9.99. The van der Waals surface area contributed by atoms with Crippen LogP contribution in [0.3, 0.4) is 0 Å². The van der Waals surface area contributed by atoms with E-state index < -0.39 is 0 Å². The Labute approximate surface area is 96.2 Å². The van der Waals surface area contributed by atoms with Crippen LogP contribution >= 0.6 is 0 Å². The highest BCUT2D eigenvalue weighted by Crippen LogP contribution is 2.08. The number of hydrogen-bond acceptors (Lipinski definition) is 3. The molecule has 3 heteroatoms. The number of esters is 1. The SMILES string of the molecule is CCOC(=O)CC=Cc1ccc(C)nc1C. The van der Waals surface area contributed by atoms with E-state index in [9.17, 15) is 4.79 Å². The minimum absolute atomic E-state index is 0.198. The van der Waals surface area contributed by atoms with Gasteiger partial charge in [0.15, 0.2) is 0 Å². The van der Waals surface area contributed by atoms with Crippen molar-refractivity contribution in [3.63, 3.8) is 0 Å². The Bertz CT molecular complexity index is 397. The van der Waals surface area contributed by atoms with Crippen LogP contribution in [0.15, 0.2) is 18.2 Å². The minimum atomic E-state index is -0.198. The molecule has 0 saturated heterocycles. The summed E-state index contributed by atoms with van der Waals surface area (Å²) in [6, 6.07) is 3.95. The third kappa shape index (κ3) is 3.85. The largest absolute Gasteiger partial charge is 0.466 e. The first-order valence-electron chi connectivity index (χ1n) is 5.40. The Morgan fingerprint density at radius 1 is 1.44 bits per heavy atom. The number of carbonyl (C=O) groups excluding carboxylic acids is 1. The van der Waals surface area contributed by atoms with Crippen LogP contribution < -0.4 is 0 Å². The number of ether oxygens (including phenoxy) is 1. The molecule has 0 N–H and O–H groups in total. The number of hydrogen-bond donors (Lipinski definition) is 0. The molecule has 0 amide bonds. The summed E-state index contributed by atoms with van der Waals surface area (Å²) in [7, 11) is 0. The summed E-state index contributed by atoms with van der Waals surface area (Å²) in [6.45, 7) is 6.14. The first-order chi connectivity index (χ1) is 7.63. The predicted octanol–water partition coefficient (Wildman–Crippen LogP) is 2.66. The minimum Gasteiger partial charge on any atom is -0.466 e. The fraction of sp³-hybridized carbons (Fsp3) is 0.385. The number of aryl methyl sites for hydroxylation is 2. The van der Waals surface area contributed by atoms with E-state index in [1.54, 1.807) is 13.0 Å². The van der Waals surface area contributed by atoms with Gasteiger partial charge in [-0.3, -0.25) is 9.78 Å². The van der Waals surface area contributed by atoms with Gasteiger partial charge in [0.25, 0.3) is 0 Å². The lowest BCUT2D eigenvalue weighted by molar-refractivity contribution is -0.142. The first-order valence-corrected chi connectivity index (χ1v) is 5.40. The second-order valence-electron chi connectivity index (χ2n) is 3.54. The summed E-state index contributed by atoms with van der Waals surface area (Å²) in [6.07, 6.45) is 4.01. The van der Waals surface area contributed by atoms with Gasteiger partial charge in [-0.05, 0) is 32.4 Å². The van der Waals surface area contributed by atoms with E-state index in [0.717, 1.165) is 17.0 Å². The van der Waals surface area contributed by atoms with Crippen LogP contribution in [0.25, 0.3) is 6.08 Å². The normalized spacial score (nSPS) is 10.7. The summed E-state index contributed by atoms with van der Waals surface area (Å²) in [5, 5.41) is 0. The van der Waals surface area contributed by atoms with Gasteiger partial charge in [0.2, 0.25) is 0 Å². The molecule has 1 rings (SSSR count). The highest BCUT2D eigenvalue weighted by molar-refractivity contribution is 5.72. The van der Waals surface area contributed by atoms with Crippen LogP contribution in [-0.2, 0) is 9.53 Å². The molecule has 3 nitrogen and oxygen atoms in total. The van der Waals surface area contributed by atoms with Gasteiger partial charge < -0.3 is 4.74 Å². The van der Waals surface area contributed by atoms with E-state index in [1.807, 2.05) is 32.1 Å². The molecule has 86 valence electrons. The topological polar surface area (TPSA) is 39.2 Å². The second kappa shape index (κ2) is 6.05. The van der Waals surface area contributed by atoms with Crippen molar-refractivity contribution >= 4 is 12.0 Å². The lowest BCUT2D eigenvalue weighted by Gasteiger charge is -2.00. The number of pyridine rings is 1. The molecule has 0 unspecified atom stereocenters. The molecular weight excluding hydrogens is 202 g/mol. The van der Waals surface area contributed by atoms with Crippen molar-refractivity contribution in [1.29, 1.82) is 0 Å². The summed E-state index contributed by atoms with van der Waals surface area (Å²) in [4.78, 5) is 15.4. The molecule has 0 aliphatic carbocycles. The van der Waals surface area contributed by atoms with Gasteiger partial charge in [0, 0.05) is 11.4 Å². The quantitative estimate of drug-likeness (QED) is 0.731. The molecular formula is C13H17NO2. The second-order valence-corrected chi connectivity index (χ2v) is 3.54. The lowest BCUT2D eigenvalue weighted by atomic mass is 10.1. The van der Waals surface area contributed by atoms with Crippen molar-refractivity contribution in [2.24, 2.45) is 0 Å². The van der Waals surface area contributed by atoms with Crippen molar-refractivity contribution in [2.45, 2.75) is 27.2 Å². The zero-order valence-electron chi connectivity index (χ0n) is 9.99. The maximum Gasteiger partial charge on any atom is 0.309 e. The van der Waals surface area contributed by atoms with Crippen LogP contribution in [0.1, 0.15) is 30.3 Å². The van der Waals surface area contributed by atoms with Crippen molar-refractivity contribution in [3.8, 4) is 0 Å². The highest BCUT2D eigenvalue weighted by Gasteiger charge is 1.98. The summed E-state index contributed by atoms with van der Waals surface area (Å²) >= 11 is 0. The van der Waals surface area contributed by atoms with E-state index in [4.69, 9.17) is 4.74 Å². The lowest BCUT2D eigenvalue weighted by Crippen LogP contribution is -2.01. The van der Waals surface area contributed by atoms with Gasteiger partial charge in [-0.1, -0.05) is 18.2 Å². The Hall–Kier alpha value is -1.64. The van der Waals surface area contributed by atoms with Gasteiger partial charge in [-0.2, -0.15) is 0 Å². The third-order valence-corrected chi connectivity index (χ3v) is 2.15. The fourth-order valence-corrected chi connectivity index (χ4v) is 1.38. The van der Waals surface area contributed by atoms with Crippen molar-refractivity contribution in [3.05, 3.63) is 35.2 Å².